The second-order valence-electron chi connectivity index (χ2n) is 4.41. The zero-order valence-corrected chi connectivity index (χ0v) is 11.7. The number of benzene rings is 1. The van der Waals surface area contributed by atoms with Crippen molar-refractivity contribution < 1.29 is 19.8 Å². The second kappa shape index (κ2) is 6.51. The number of rotatable bonds is 5. The van der Waals surface area contributed by atoms with Crippen molar-refractivity contribution in [1.29, 1.82) is 0 Å². The lowest BCUT2D eigenvalue weighted by Crippen LogP contribution is -2.30. The van der Waals surface area contributed by atoms with Gasteiger partial charge in [-0.1, -0.05) is 29.8 Å². The van der Waals surface area contributed by atoms with Gasteiger partial charge in [0, 0.05) is 18.4 Å². The molecule has 1 aromatic carbocycles. The van der Waals surface area contributed by atoms with Gasteiger partial charge in [0.2, 0.25) is 0 Å². The molecule has 0 spiro atoms. The predicted octanol–water partition coefficient (Wildman–Crippen LogP) is 1.45. The Hall–Kier alpha value is -2.18. The largest absolute Gasteiger partial charge is 0.479 e. The summed E-state index contributed by atoms with van der Waals surface area (Å²) >= 11 is 6.09. The minimum Gasteiger partial charge on any atom is -0.479 e. The van der Waals surface area contributed by atoms with Crippen LogP contribution in [0.5, 0.6) is 0 Å². The van der Waals surface area contributed by atoms with Gasteiger partial charge in [0.05, 0.1) is 10.5 Å². The molecule has 2 aromatic rings. The summed E-state index contributed by atoms with van der Waals surface area (Å²) in [6.45, 7) is 0.0262. The molecule has 0 bridgehead atoms. The van der Waals surface area contributed by atoms with Crippen molar-refractivity contribution >= 4 is 34.4 Å². The monoisotopic (exact) mass is 308 g/mol. The lowest BCUT2D eigenvalue weighted by molar-refractivity contribution is -0.146. The highest BCUT2D eigenvalue weighted by atomic mass is 35.5. The molecule has 110 valence electrons. The van der Waals surface area contributed by atoms with Gasteiger partial charge in [0.1, 0.15) is 5.69 Å². The van der Waals surface area contributed by atoms with E-state index in [1.165, 1.54) is 6.07 Å². The molecule has 1 aromatic heterocycles. The number of hydrogen-bond acceptors (Lipinski definition) is 4. The zero-order valence-electron chi connectivity index (χ0n) is 10.9. The highest BCUT2D eigenvalue weighted by Crippen LogP contribution is 2.22. The Balaban J connectivity index is 2.08. The van der Waals surface area contributed by atoms with Gasteiger partial charge < -0.3 is 15.5 Å². The summed E-state index contributed by atoms with van der Waals surface area (Å²) in [4.78, 5) is 26.6. The Labute approximate surface area is 125 Å². The van der Waals surface area contributed by atoms with Crippen LogP contribution in [-0.2, 0) is 4.79 Å². The van der Waals surface area contributed by atoms with Gasteiger partial charge in [-0.15, -0.1) is 0 Å². The van der Waals surface area contributed by atoms with Gasteiger partial charge in [-0.2, -0.15) is 0 Å². The van der Waals surface area contributed by atoms with Crippen molar-refractivity contribution in [2.45, 2.75) is 12.5 Å². The molecule has 0 saturated carbocycles. The Kier molecular flexibility index (Phi) is 4.72. The van der Waals surface area contributed by atoms with E-state index < -0.39 is 18.0 Å². The number of halogens is 1. The Morgan fingerprint density at radius 2 is 2.05 bits per heavy atom. The summed E-state index contributed by atoms with van der Waals surface area (Å²) in [6.07, 6.45) is -1.58. The fraction of sp³-hybridized carbons (Fsp3) is 0.214. The molecule has 1 unspecified atom stereocenters. The number of nitrogens with zero attached hydrogens (tertiary/aromatic N) is 1. The van der Waals surface area contributed by atoms with E-state index in [0.717, 1.165) is 5.39 Å². The summed E-state index contributed by atoms with van der Waals surface area (Å²) in [5.41, 5.74) is 0.740. The van der Waals surface area contributed by atoms with Gasteiger partial charge >= 0.3 is 5.97 Å². The highest BCUT2D eigenvalue weighted by molar-refractivity contribution is 6.35. The molecule has 0 aliphatic rings. The number of hydrogen-bond donors (Lipinski definition) is 3. The molecule has 2 rings (SSSR count). The first-order chi connectivity index (χ1) is 9.99. The number of pyridine rings is 1. The van der Waals surface area contributed by atoms with Crippen molar-refractivity contribution in [3.8, 4) is 0 Å². The first kappa shape index (κ1) is 15.2. The van der Waals surface area contributed by atoms with E-state index in [9.17, 15) is 9.59 Å². The minimum atomic E-state index is -1.50. The van der Waals surface area contributed by atoms with Crippen LogP contribution in [0.1, 0.15) is 16.9 Å². The number of carbonyl (C=O) groups is 2. The lowest BCUT2D eigenvalue weighted by atomic mass is 10.2. The summed E-state index contributed by atoms with van der Waals surface area (Å²) in [5.74, 6) is -1.80. The number of para-hydroxylation sites is 1. The Morgan fingerprint density at radius 3 is 2.76 bits per heavy atom. The quantitative estimate of drug-likeness (QED) is 0.776. The van der Waals surface area contributed by atoms with Crippen molar-refractivity contribution in [2.75, 3.05) is 6.54 Å². The third-order valence-electron chi connectivity index (χ3n) is 2.89. The zero-order chi connectivity index (χ0) is 15.4. The van der Waals surface area contributed by atoms with Crippen LogP contribution in [0.4, 0.5) is 0 Å². The van der Waals surface area contributed by atoms with Crippen LogP contribution >= 0.6 is 11.6 Å². The molecule has 7 heteroatoms. The Bertz CT molecular complexity index is 690. The number of carboxylic acids is 1. The summed E-state index contributed by atoms with van der Waals surface area (Å²) in [6, 6.07) is 8.61. The van der Waals surface area contributed by atoms with Gasteiger partial charge in [0.25, 0.3) is 5.91 Å². The molecule has 0 aliphatic carbocycles. The van der Waals surface area contributed by atoms with E-state index in [0.29, 0.717) is 10.5 Å². The van der Waals surface area contributed by atoms with E-state index in [1.807, 2.05) is 6.07 Å². The van der Waals surface area contributed by atoms with Gasteiger partial charge in [-0.25, -0.2) is 9.78 Å². The van der Waals surface area contributed by atoms with Crippen LogP contribution in [0.25, 0.3) is 10.9 Å². The topological polar surface area (TPSA) is 99.5 Å². The lowest BCUT2D eigenvalue weighted by Gasteiger charge is -2.08. The fourth-order valence-electron chi connectivity index (χ4n) is 1.79. The number of carbonyl (C=O) groups excluding carboxylic acids is 1. The minimum absolute atomic E-state index is 0.0262. The molecule has 3 N–H and O–H groups in total. The molecule has 6 nitrogen and oxygen atoms in total. The van der Waals surface area contributed by atoms with E-state index in [1.54, 1.807) is 18.2 Å². The van der Waals surface area contributed by atoms with E-state index in [2.05, 4.69) is 10.3 Å². The van der Waals surface area contributed by atoms with E-state index in [4.69, 9.17) is 21.8 Å². The number of aliphatic hydroxyl groups is 1. The van der Waals surface area contributed by atoms with Crippen LogP contribution in [0.3, 0.4) is 0 Å². The van der Waals surface area contributed by atoms with Gasteiger partial charge in [-0.3, -0.25) is 4.79 Å². The normalized spacial score (nSPS) is 12.1. The maximum absolute atomic E-state index is 11.9. The van der Waals surface area contributed by atoms with E-state index in [-0.39, 0.29) is 18.7 Å². The maximum Gasteiger partial charge on any atom is 0.332 e. The molecule has 1 heterocycles. The predicted molar refractivity (Wildman–Crippen MR) is 77.3 cm³/mol. The van der Waals surface area contributed by atoms with Crippen molar-refractivity contribution in [3.63, 3.8) is 0 Å². The van der Waals surface area contributed by atoms with Crippen LogP contribution in [0.2, 0.25) is 5.02 Å². The smallest absolute Gasteiger partial charge is 0.332 e. The van der Waals surface area contributed by atoms with Crippen molar-refractivity contribution in [1.82, 2.24) is 10.3 Å². The van der Waals surface area contributed by atoms with Crippen LogP contribution in [-0.4, -0.2) is 39.7 Å². The molecule has 1 atom stereocenters. The molecule has 0 fully saturated rings. The van der Waals surface area contributed by atoms with Crippen molar-refractivity contribution in [2.24, 2.45) is 0 Å². The summed E-state index contributed by atoms with van der Waals surface area (Å²) < 4.78 is 0. The first-order valence-electron chi connectivity index (χ1n) is 6.23. The number of amides is 1. The van der Waals surface area contributed by atoms with E-state index >= 15 is 0 Å². The number of nitrogens with one attached hydrogen (secondary N) is 1. The Morgan fingerprint density at radius 1 is 1.33 bits per heavy atom. The standard InChI is InChI=1S/C14H13ClN2O4/c15-9-7-11(17-10-4-2-1-3-8(9)10)13(19)16-6-5-12(18)14(20)21/h1-4,7,12,18H,5-6H2,(H,16,19)(H,20,21). The summed E-state index contributed by atoms with van der Waals surface area (Å²) in [7, 11) is 0. The van der Waals surface area contributed by atoms with Crippen molar-refractivity contribution in [3.05, 3.63) is 41.0 Å². The molecule has 0 radical (unpaired) electrons. The molecule has 1 amide bonds. The van der Waals surface area contributed by atoms with Crippen LogP contribution < -0.4 is 5.32 Å². The molecular formula is C14H13ClN2O4. The third kappa shape index (κ3) is 3.68. The third-order valence-corrected chi connectivity index (χ3v) is 3.20. The number of fused-ring (bicyclic) bond motifs is 1. The van der Waals surface area contributed by atoms with Gasteiger partial charge in [0.15, 0.2) is 6.10 Å². The number of carboxylic acid groups (broad SMARTS) is 1. The van der Waals surface area contributed by atoms with Crippen LogP contribution in [0, 0.1) is 0 Å². The second-order valence-corrected chi connectivity index (χ2v) is 4.81. The molecule has 0 saturated heterocycles. The summed E-state index contributed by atoms with van der Waals surface area (Å²) in [5, 5.41) is 21.3. The first-order valence-corrected chi connectivity index (χ1v) is 6.61. The SMILES string of the molecule is O=C(NCCC(O)C(=O)O)c1cc(Cl)c2ccccc2n1. The van der Waals surface area contributed by atoms with Crippen LogP contribution in [0.15, 0.2) is 30.3 Å². The molecular weight excluding hydrogens is 296 g/mol. The molecule has 0 aliphatic heterocycles. The van der Waals surface area contributed by atoms with Gasteiger partial charge in [-0.05, 0) is 12.1 Å². The average Bonchev–Trinajstić information content (AvgIpc) is 2.46. The highest BCUT2D eigenvalue weighted by Gasteiger charge is 2.14. The average molecular weight is 309 g/mol. The number of aliphatic hydroxyl groups excluding tert-OH is 1. The number of aliphatic carboxylic acids is 1. The maximum atomic E-state index is 11.9. The fourth-order valence-corrected chi connectivity index (χ4v) is 2.05. The number of aromatic nitrogens is 1. The molecule has 21 heavy (non-hydrogen) atoms.